The second-order valence-electron chi connectivity index (χ2n) is 3.29. The molecule has 0 fully saturated rings. The molecule has 0 spiro atoms. The second-order valence-corrected chi connectivity index (χ2v) is 3.29. The van der Waals surface area contributed by atoms with Crippen LogP contribution < -0.4 is 5.73 Å². The Morgan fingerprint density at radius 1 is 1.43 bits per heavy atom. The van der Waals surface area contributed by atoms with Gasteiger partial charge in [-0.15, -0.1) is 0 Å². The second kappa shape index (κ2) is 5.28. The van der Waals surface area contributed by atoms with Crippen LogP contribution in [0, 0.1) is 11.3 Å². The molecule has 0 aliphatic rings. The lowest BCUT2D eigenvalue weighted by Crippen LogP contribution is -1.91. The maximum atomic E-state index is 8.76. The molecule has 2 N–H and O–H groups in total. The van der Waals surface area contributed by atoms with E-state index < -0.39 is 0 Å². The Hall–Kier alpha value is -1.50. The van der Waals surface area contributed by atoms with Gasteiger partial charge in [0.2, 0.25) is 5.88 Å². The molecular formula is C10H15N3O. The summed E-state index contributed by atoms with van der Waals surface area (Å²) in [5, 5.41) is 12.5. The van der Waals surface area contributed by atoms with Crippen LogP contribution >= 0.6 is 0 Å². The molecule has 4 nitrogen and oxygen atoms in total. The van der Waals surface area contributed by atoms with Crippen molar-refractivity contribution in [1.29, 1.82) is 5.26 Å². The van der Waals surface area contributed by atoms with Gasteiger partial charge >= 0.3 is 0 Å². The Labute approximate surface area is 83.7 Å². The van der Waals surface area contributed by atoms with Crippen LogP contribution in [0.25, 0.3) is 0 Å². The summed E-state index contributed by atoms with van der Waals surface area (Å²) in [6.45, 7) is 2.16. The third-order valence-corrected chi connectivity index (χ3v) is 2.17. The van der Waals surface area contributed by atoms with Crippen molar-refractivity contribution in [3.05, 3.63) is 11.3 Å². The van der Waals surface area contributed by atoms with Crippen LogP contribution in [0.5, 0.6) is 0 Å². The number of nitrogens with two attached hydrogens (primary N) is 1. The Kier molecular flexibility index (Phi) is 3.99. The summed E-state index contributed by atoms with van der Waals surface area (Å²) in [5.41, 5.74) is 6.53. The van der Waals surface area contributed by atoms with E-state index in [0.717, 1.165) is 19.3 Å². The predicted octanol–water partition coefficient (Wildman–Crippen LogP) is 2.25. The molecule has 1 heterocycles. The summed E-state index contributed by atoms with van der Waals surface area (Å²) in [5.74, 6) is 0.137. The van der Waals surface area contributed by atoms with Gasteiger partial charge in [-0.05, 0) is 12.8 Å². The van der Waals surface area contributed by atoms with Crippen molar-refractivity contribution in [1.82, 2.24) is 5.16 Å². The van der Waals surface area contributed by atoms with Gasteiger partial charge in [0, 0.05) is 0 Å². The van der Waals surface area contributed by atoms with Crippen LogP contribution in [0.15, 0.2) is 4.52 Å². The highest BCUT2D eigenvalue weighted by atomic mass is 16.5. The number of nitriles is 1. The molecule has 0 bridgehead atoms. The maximum absolute atomic E-state index is 8.76. The van der Waals surface area contributed by atoms with Crippen molar-refractivity contribution >= 4 is 5.88 Å². The Morgan fingerprint density at radius 2 is 2.21 bits per heavy atom. The van der Waals surface area contributed by atoms with E-state index in [1.54, 1.807) is 0 Å². The minimum Gasteiger partial charge on any atom is -0.366 e. The first-order valence-electron chi connectivity index (χ1n) is 4.93. The van der Waals surface area contributed by atoms with Crippen molar-refractivity contribution in [3.8, 4) is 6.07 Å². The summed E-state index contributed by atoms with van der Waals surface area (Å²) in [6.07, 6.45) is 5.40. The van der Waals surface area contributed by atoms with Crippen molar-refractivity contribution in [2.24, 2.45) is 0 Å². The van der Waals surface area contributed by atoms with Crippen LogP contribution in [0.4, 0.5) is 5.88 Å². The van der Waals surface area contributed by atoms with Crippen LogP contribution in [0.2, 0.25) is 0 Å². The lowest BCUT2D eigenvalue weighted by molar-refractivity contribution is 0.426. The molecule has 0 radical (unpaired) electrons. The van der Waals surface area contributed by atoms with Crippen molar-refractivity contribution in [2.75, 3.05) is 5.73 Å². The van der Waals surface area contributed by atoms with Gasteiger partial charge in [0.25, 0.3) is 0 Å². The zero-order chi connectivity index (χ0) is 10.4. The van der Waals surface area contributed by atoms with E-state index in [1.807, 2.05) is 6.07 Å². The summed E-state index contributed by atoms with van der Waals surface area (Å²) >= 11 is 0. The molecule has 76 valence electrons. The SMILES string of the molecule is CCCCCCc1noc(N)c1C#N. The molecule has 0 aromatic carbocycles. The highest BCUT2D eigenvalue weighted by Crippen LogP contribution is 2.17. The molecule has 4 heteroatoms. The molecule has 1 aromatic rings. The first-order chi connectivity index (χ1) is 6.79. The number of unbranched alkanes of at least 4 members (excludes halogenated alkanes) is 3. The van der Waals surface area contributed by atoms with E-state index in [4.69, 9.17) is 15.5 Å². The van der Waals surface area contributed by atoms with Crippen molar-refractivity contribution in [2.45, 2.75) is 39.0 Å². The average Bonchev–Trinajstić information content (AvgIpc) is 2.54. The van der Waals surface area contributed by atoms with Gasteiger partial charge < -0.3 is 10.3 Å². The number of rotatable bonds is 5. The van der Waals surface area contributed by atoms with Crippen molar-refractivity contribution < 1.29 is 4.52 Å². The quantitative estimate of drug-likeness (QED) is 0.727. The fourth-order valence-electron chi connectivity index (χ4n) is 1.35. The minimum absolute atomic E-state index is 0.137. The largest absolute Gasteiger partial charge is 0.366 e. The molecule has 0 unspecified atom stereocenters. The first-order valence-corrected chi connectivity index (χ1v) is 4.93. The van der Waals surface area contributed by atoms with Gasteiger partial charge in [-0.1, -0.05) is 31.3 Å². The number of anilines is 1. The molecule has 1 rings (SSSR count). The summed E-state index contributed by atoms with van der Waals surface area (Å²) in [7, 11) is 0. The summed E-state index contributed by atoms with van der Waals surface area (Å²) in [6, 6.07) is 2.00. The zero-order valence-corrected chi connectivity index (χ0v) is 8.42. The van der Waals surface area contributed by atoms with E-state index >= 15 is 0 Å². The number of aryl methyl sites for hydroxylation is 1. The van der Waals surface area contributed by atoms with Gasteiger partial charge in [0.15, 0.2) is 0 Å². The highest BCUT2D eigenvalue weighted by molar-refractivity contribution is 5.48. The van der Waals surface area contributed by atoms with Crippen molar-refractivity contribution in [3.63, 3.8) is 0 Å². The maximum Gasteiger partial charge on any atom is 0.240 e. The van der Waals surface area contributed by atoms with Crippen LogP contribution in [0.3, 0.4) is 0 Å². The number of nitrogens with zero attached hydrogens (tertiary/aromatic N) is 2. The monoisotopic (exact) mass is 193 g/mol. The van der Waals surface area contributed by atoms with Crippen LogP contribution in [-0.4, -0.2) is 5.16 Å². The molecule has 14 heavy (non-hydrogen) atoms. The normalized spacial score (nSPS) is 10.0. The first kappa shape index (κ1) is 10.6. The molecule has 1 aromatic heterocycles. The van der Waals surface area contributed by atoms with Gasteiger partial charge in [-0.25, -0.2) is 0 Å². The average molecular weight is 193 g/mol. The molecule has 0 aliphatic carbocycles. The molecule has 0 amide bonds. The number of nitrogen functional groups attached to an aromatic ring is 1. The number of hydrogen-bond donors (Lipinski definition) is 1. The van der Waals surface area contributed by atoms with E-state index in [0.29, 0.717) is 11.3 Å². The number of aromatic nitrogens is 1. The van der Waals surface area contributed by atoms with E-state index in [9.17, 15) is 0 Å². The van der Waals surface area contributed by atoms with E-state index in [2.05, 4.69) is 12.1 Å². The predicted molar refractivity (Wildman–Crippen MR) is 53.5 cm³/mol. The molecule has 0 saturated carbocycles. The van der Waals surface area contributed by atoms with Gasteiger partial charge in [0.1, 0.15) is 17.3 Å². The summed E-state index contributed by atoms with van der Waals surface area (Å²) in [4.78, 5) is 0. The van der Waals surface area contributed by atoms with Crippen LogP contribution in [0.1, 0.15) is 43.9 Å². The standard InChI is InChI=1S/C10H15N3O/c1-2-3-4-5-6-9-8(7-11)10(12)14-13-9/h2-6,12H2,1H3. The third-order valence-electron chi connectivity index (χ3n) is 2.17. The fourth-order valence-corrected chi connectivity index (χ4v) is 1.35. The van der Waals surface area contributed by atoms with Crippen LogP contribution in [-0.2, 0) is 6.42 Å². The highest BCUT2D eigenvalue weighted by Gasteiger charge is 2.11. The smallest absolute Gasteiger partial charge is 0.240 e. The molecule has 0 saturated heterocycles. The zero-order valence-electron chi connectivity index (χ0n) is 8.42. The Bertz CT molecular complexity index is 325. The topological polar surface area (TPSA) is 75.8 Å². The Morgan fingerprint density at radius 3 is 2.86 bits per heavy atom. The van der Waals surface area contributed by atoms with E-state index in [1.165, 1.54) is 12.8 Å². The lowest BCUT2D eigenvalue weighted by Gasteiger charge is -1.95. The third kappa shape index (κ3) is 2.49. The molecule has 0 aliphatic heterocycles. The summed E-state index contributed by atoms with van der Waals surface area (Å²) < 4.78 is 4.75. The fraction of sp³-hybridized carbons (Fsp3) is 0.600. The Balaban J connectivity index is 2.47. The number of hydrogen-bond acceptors (Lipinski definition) is 4. The van der Waals surface area contributed by atoms with Gasteiger partial charge in [-0.2, -0.15) is 5.26 Å². The lowest BCUT2D eigenvalue weighted by atomic mass is 10.1. The minimum atomic E-state index is 0.137. The van der Waals surface area contributed by atoms with Gasteiger partial charge in [0.05, 0.1) is 0 Å². The van der Waals surface area contributed by atoms with Gasteiger partial charge in [-0.3, -0.25) is 0 Å². The molecular weight excluding hydrogens is 178 g/mol. The van der Waals surface area contributed by atoms with E-state index in [-0.39, 0.29) is 5.88 Å². The molecule has 0 atom stereocenters.